The minimum Gasteiger partial charge on any atom is -0.478 e. The summed E-state index contributed by atoms with van der Waals surface area (Å²) >= 11 is 0. The van der Waals surface area contributed by atoms with Gasteiger partial charge in [-0.15, -0.1) is 0 Å². The van der Waals surface area contributed by atoms with Crippen LogP contribution < -0.4 is 11.1 Å². The smallest absolute Gasteiger partial charge is 0.335 e. The second-order valence-corrected chi connectivity index (χ2v) is 4.75. The van der Waals surface area contributed by atoms with E-state index in [2.05, 4.69) is 5.32 Å². The summed E-state index contributed by atoms with van der Waals surface area (Å²) in [6, 6.07) is 9.48. The van der Waals surface area contributed by atoms with Crippen LogP contribution in [0.5, 0.6) is 0 Å². The van der Waals surface area contributed by atoms with Crippen molar-refractivity contribution in [2.45, 2.75) is 6.42 Å². The molecule has 0 saturated carbocycles. The molecule has 0 saturated heterocycles. The third-order valence-electron chi connectivity index (χ3n) is 3.09. The quantitative estimate of drug-likeness (QED) is 0.781. The first-order chi connectivity index (χ1) is 10.9. The van der Waals surface area contributed by atoms with Crippen LogP contribution in [0.2, 0.25) is 0 Å². The fraction of sp³-hybridized carbons (Fsp3) is 0.0625. The Morgan fingerprint density at radius 1 is 1.13 bits per heavy atom. The van der Waals surface area contributed by atoms with Gasteiger partial charge in [0.25, 0.3) is 5.91 Å². The Balaban J connectivity index is 2.26. The van der Waals surface area contributed by atoms with Gasteiger partial charge in [-0.3, -0.25) is 9.59 Å². The van der Waals surface area contributed by atoms with Gasteiger partial charge in [0.05, 0.1) is 17.5 Å². The molecular weight excluding hydrogens is 303 g/mol. The zero-order valence-corrected chi connectivity index (χ0v) is 11.9. The topological polar surface area (TPSA) is 109 Å². The molecule has 0 aliphatic heterocycles. The standard InChI is InChI=1S/C16H13FN2O4/c17-12-7-10(16(22)23)5-6-11(12)15(21)19-13-4-2-1-3-9(13)8-14(18)20/h1-7H,8H2,(H2,18,20)(H,19,21)(H,22,23). The number of hydrogen-bond donors (Lipinski definition) is 3. The molecule has 2 aromatic carbocycles. The molecule has 2 rings (SSSR count). The first-order valence-electron chi connectivity index (χ1n) is 6.59. The number of anilines is 1. The highest BCUT2D eigenvalue weighted by Crippen LogP contribution is 2.18. The molecular formula is C16H13FN2O4. The number of para-hydroxylation sites is 1. The zero-order valence-electron chi connectivity index (χ0n) is 11.9. The molecule has 0 spiro atoms. The molecule has 2 aromatic rings. The minimum atomic E-state index is -1.29. The van der Waals surface area contributed by atoms with E-state index in [0.717, 1.165) is 18.2 Å². The van der Waals surface area contributed by atoms with Gasteiger partial charge < -0.3 is 16.2 Å². The molecule has 0 heterocycles. The Labute approximate surface area is 130 Å². The normalized spacial score (nSPS) is 10.1. The molecule has 6 nitrogen and oxygen atoms in total. The fourth-order valence-corrected chi connectivity index (χ4v) is 2.01. The van der Waals surface area contributed by atoms with Gasteiger partial charge in [0.1, 0.15) is 5.82 Å². The molecule has 0 unspecified atom stereocenters. The van der Waals surface area contributed by atoms with Gasteiger partial charge in [0.2, 0.25) is 5.91 Å². The van der Waals surface area contributed by atoms with Crippen LogP contribution in [-0.4, -0.2) is 22.9 Å². The predicted molar refractivity (Wildman–Crippen MR) is 80.7 cm³/mol. The van der Waals surface area contributed by atoms with Crippen LogP contribution in [0.25, 0.3) is 0 Å². The summed E-state index contributed by atoms with van der Waals surface area (Å²) in [5.74, 6) is -3.56. The van der Waals surface area contributed by atoms with Crippen LogP contribution >= 0.6 is 0 Å². The highest BCUT2D eigenvalue weighted by atomic mass is 19.1. The van der Waals surface area contributed by atoms with Crippen molar-refractivity contribution in [1.29, 1.82) is 0 Å². The van der Waals surface area contributed by atoms with Crippen LogP contribution in [0.4, 0.5) is 10.1 Å². The summed E-state index contributed by atoms with van der Waals surface area (Å²) in [6.45, 7) is 0. The van der Waals surface area contributed by atoms with Crippen LogP contribution in [0, 0.1) is 5.82 Å². The van der Waals surface area contributed by atoms with E-state index in [1.165, 1.54) is 0 Å². The second-order valence-electron chi connectivity index (χ2n) is 4.75. The lowest BCUT2D eigenvalue weighted by molar-refractivity contribution is -0.117. The third kappa shape index (κ3) is 3.91. The Morgan fingerprint density at radius 3 is 2.43 bits per heavy atom. The van der Waals surface area contributed by atoms with Crippen LogP contribution in [0.1, 0.15) is 26.3 Å². The molecule has 23 heavy (non-hydrogen) atoms. The first kappa shape index (κ1) is 16.2. The molecule has 118 valence electrons. The number of carboxylic acid groups (broad SMARTS) is 1. The van der Waals surface area contributed by atoms with Gasteiger partial charge in [-0.05, 0) is 29.8 Å². The van der Waals surface area contributed by atoms with E-state index in [1.807, 2.05) is 0 Å². The van der Waals surface area contributed by atoms with Gasteiger partial charge in [0, 0.05) is 5.69 Å². The van der Waals surface area contributed by atoms with Crippen molar-refractivity contribution in [3.05, 3.63) is 65.0 Å². The second kappa shape index (κ2) is 6.69. The number of nitrogens with two attached hydrogens (primary N) is 1. The average Bonchev–Trinajstić information content (AvgIpc) is 2.48. The number of nitrogens with one attached hydrogen (secondary N) is 1. The maximum absolute atomic E-state index is 13.9. The molecule has 0 radical (unpaired) electrons. The predicted octanol–water partition coefficient (Wildman–Crippen LogP) is 1.80. The van der Waals surface area contributed by atoms with Gasteiger partial charge in [0.15, 0.2) is 0 Å². The van der Waals surface area contributed by atoms with E-state index in [-0.39, 0.29) is 17.5 Å². The Morgan fingerprint density at radius 2 is 1.83 bits per heavy atom. The number of rotatable bonds is 5. The van der Waals surface area contributed by atoms with Gasteiger partial charge >= 0.3 is 5.97 Å². The fourth-order valence-electron chi connectivity index (χ4n) is 2.01. The number of hydrogen-bond acceptors (Lipinski definition) is 3. The monoisotopic (exact) mass is 316 g/mol. The maximum Gasteiger partial charge on any atom is 0.335 e. The molecule has 4 N–H and O–H groups in total. The van der Waals surface area contributed by atoms with Crippen LogP contribution in [0.3, 0.4) is 0 Å². The molecule has 0 fully saturated rings. The highest BCUT2D eigenvalue weighted by Gasteiger charge is 2.16. The van der Waals surface area contributed by atoms with Crippen molar-refractivity contribution >= 4 is 23.5 Å². The molecule has 2 amide bonds. The van der Waals surface area contributed by atoms with Crippen molar-refractivity contribution in [1.82, 2.24) is 0 Å². The van der Waals surface area contributed by atoms with E-state index in [1.54, 1.807) is 24.3 Å². The van der Waals surface area contributed by atoms with E-state index in [9.17, 15) is 18.8 Å². The molecule has 0 bridgehead atoms. The first-order valence-corrected chi connectivity index (χ1v) is 6.59. The molecule has 0 atom stereocenters. The van der Waals surface area contributed by atoms with Crippen molar-refractivity contribution in [2.24, 2.45) is 5.73 Å². The summed E-state index contributed by atoms with van der Waals surface area (Å²) < 4.78 is 13.9. The summed E-state index contributed by atoms with van der Waals surface area (Å²) in [5.41, 5.74) is 5.41. The lowest BCUT2D eigenvalue weighted by Crippen LogP contribution is -2.18. The lowest BCUT2D eigenvalue weighted by atomic mass is 10.1. The maximum atomic E-state index is 13.9. The Hall–Kier alpha value is -3.22. The minimum absolute atomic E-state index is 0.0725. The number of carbonyl (C=O) groups excluding carboxylic acids is 2. The van der Waals surface area contributed by atoms with Crippen LogP contribution in [0.15, 0.2) is 42.5 Å². The summed E-state index contributed by atoms with van der Waals surface area (Å²) in [5, 5.41) is 11.3. The number of aromatic carboxylic acids is 1. The molecule has 7 heteroatoms. The number of primary amides is 1. The average molecular weight is 316 g/mol. The Kier molecular flexibility index (Phi) is 4.70. The highest BCUT2D eigenvalue weighted by molar-refractivity contribution is 6.05. The van der Waals surface area contributed by atoms with Gasteiger partial charge in [-0.2, -0.15) is 0 Å². The van der Waals surface area contributed by atoms with E-state index < -0.39 is 23.6 Å². The summed E-state index contributed by atoms with van der Waals surface area (Å²) in [4.78, 5) is 33.9. The number of carboxylic acids is 1. The van der Waals surface area contributed by atoms with E-state index in [4.69, 9.17) is 10.8 Å². The van der Waals surface area contributed by atoms with E-state index in [0.29, 0.717) is 11.3 Å². The third-order valence-corrected chi connectivity index (χ3v) is 3.09. The van der Waals surface area contributed by atoms with E-state index >= 15 is 0 Å². The van der Waals surface area contributed by atoms with Crippen molar-refractivity contribution < 1.29 is 23.9 Å². The van der Waals surface area contributed by atoms with Gasteiger partial charge in [-0.1, -0.05) is 18.2 Å². The zero-order chi connectivity index (χ0) is 17.0. The Bertz CT molecular complexity index is 789. The van der Waals surface area contributed by atoms with Crippen molar-refractivity contribution in [3.8, 4) is 0 Å². The summed E-state index contributed by atoms with van der Waals surface area (Å²) in [6.07, 6.45) is -0.0725. The molecule has 0 aliphatic carbocycles. The SMILES string of the molecule is NC(=O)Cc1ccccc1NC(=O)c1ccc(C(=O)O)cc1F. The lowest BCUT2D eigenvalue weighted by Gasteiger charge is -2.10. The molecule has 0 aliphatic rings. The number of carbonyl (C=O) groups is 3. The van der Waals surface area contributed by atoms with Gasteiger partial charge in [-0.25, -0.2) is 9.18 Å². The number of benzene rings is 2. The van der Waals surface area contributed by atoms with Crippen LogP contribution in [-0.2, 0) is 11.2 Å². The van der Waals surface area contributed by atoms with Crippen molar-refractivity contribution in [3.63, 3.8) is 0 Å². The largest absolute Gasteiger partial charge is 0.478 e. The van der Waals surface area contributed by atoms with Crippen molar-refractivity contribution in [2.75, 3.05) is 5.32 Å². The molecule has 0 aromatic heterocycles. The number of amides is 2. The number of halogens is 1. The summed E-state index contributed by atoms with van der Waals surface area (Å²) in [7, 11) is 0.